The lowest BCUT2D eigenvalue weighted by Gasteiger charge is -2.33. The molecule has 150 valence electrons. The molecule has 1 N–H and O–H groups in total. The monoisotopic (exact) mass is 390 g/mol. The second kappa shape index (κ2) is 7.55. The van der Waals surface area contributed by atoms with E-state index in [2.05, 4.69) is 43.8 Å². The lowest BCUT2D eigenvalue weighted by atomic mass is 10.0. The van der Waals surface area contributed by atoms with Gasteiger partial charge in [-0.3, -0.25) is 24.6 Å². The number of hydrogen-bond donors (Lipinski definition) is 1. The molecule has 5 rings (SSSR count). The SMILES string of the molecule is C[C@H]1CCCN(c2nc3c(c(=O)[nH]2)CN(Cc2ccc4nccnc4c2)CC3)C1. The van der Waals surface area contributed by atoms with Crippen LogP contribution in [-0.4, -0.2) is 44.5 Å². The maximum Gasteiger partial charge on any atom is 0.257 e. The fraction of sp³-hybridized carbons (Fsp3) is 0.455. The number of benzene rings is 1. The number of fused-ring (bicyclic) bond motifs is 2. The summed E-state index contributed by atoms with van der Waals surface area (Å²) in [5.41, 5.74) is 4.78. The van der Waals surface area contributed by atoms with E-state index in [0.29, 0.717) is 12.5 Å². The van der Waals surface area contributed by atoms with Gasteiger partial charge in [-0.1, -0.05) is 13.0 Å². The fourth-order valence-electron chi connectivity index (χ4n) is 4.50. The summed E-state index contributed by atoms with van der Waals surface area (Å²) in [7, 11) is 0. The molecule has 1 fully saturated rings. The number of hydrogen-bond acceptors (Lipinski definition) is 6. The third-order valence-corrected chi connectivity index (χ3v) is 6.03. The third kappa shape index (κ3) is 3.74. The van der Waals surface area contributed by atoms with Crippen molar-refractivity contribution in [2.24, 2.45) is 5.92 Å². The first-order chi connectivity index (χ1) is 14.2. The Morgan fingerprint density at radius 1 is 1.17 bits per heavy atom. The second-order valence-electron chi connectivity index (χ2n) is 8.35. The Bertz CT molecular complexity index is 1090. The van der Waals surface area contributed by atoms with Crippen LogP contribution in [0.4, 0.5) is 5.95 Å². The molecule has 2 aromatic heterocycles. The summed E-state index contributed by atoms with van der Waals surface area (Å²) in [5, 5.41) is 0. The van der Waals surface area contributed by atoms with E-state index in [9.17, 15) is 4.79 Å². The summed E-state index contributed by atoms with van der Waals surface area (Å²) >= 11 is 0. The minimum atomic E-state index is 0.0114. The molecule has 0 saturated carbocycles. The molecule has 7 heteroatoms. The summed E-state index contributed by atoms with van der Waals surface area (Å²) in [6.45, 7) is 6.53. The normalized spacial score (nSPS) is 20.0. The van der Waals surface area contributed by atoms with Gasteiger partial charge in [0.2, 0.25) is 5.95 Å². The second-order valence-corrected chi connectivity index (χ2v) is 8.35. The smallest absolute Gasteiger partial charge is 0.257 e. The minimum Gasteiger partial charge on any atom is -0.342 e. The number of nitrogens with one attached hydrogen (secondary N) is 1. The van der Waals surface area contributed by atoms with Crippen LogP contribution < -0.4 is 10.5 Å². The van der Waals surface area contributed by atoms with Crippen molar-refractivity contribution in [3.8, 4) is 0 Å². The minimum absolute atomic E-state index is 0.0114. The van der Waals surface area contributed by atoms with Gasteiger partial charge in [0, 0.05) is 51.5 Å². The average Bonchev–Trinajstić information content (AvgIpc) is 2.74. The largest absolute Gasteiger partial charge is 0.342 e. The highest BCUT2D eigenvalue weighted by molar-refractivity contribution is 5.74. The zero-order valence-electron chi connectivity index (χ0n) is 16.8. The van der Waals surface area contributed by atoms with Crippen LogP contribution in [0.15, 0.2) is 35.4 Å². The highest BCUT2D eigenvalue weighted by Gasteiger charge is 2.24. The molecule has 2 aliphatic heterocycles. The van der Waals surface area contributed by atoms with Crippen LogP contribution in [0.25, 0.3) is 11.0 Å². The Labute approximate surface area is 169 Å². The van der Waals surface area contributed by atoms with Gasteiger partial charge in [-0.2, -0.15) is 0 Å². The standard InChI is InChI=1S/C22H26N6O/c1-15-3-2-9-28(12-15)22-25-18-6-10-27(14-17(18)21(29)26-22)13-16-4-5-19-20(11-16)24-8-7-23-19/h4-5,7-8,11,15H,2-3,6,9-10,12-14H2,1H3,(H,25,26,29)/t15-/m0/s1. The predicted molar refractivity (Wildman–Crippen MR) is 113 cm³/mol. The number of piperidine rings is 1. The third-order valence-electron chi connectivity index (χ3n) is 6.03. The first-order valence-corrected chi connectivity index (χ1v) is 10.4. The maximum atomic E-state index is 12.8. The van der Waals surface area contributed by atoms with Crippen LogP contribution in [-0.2, 0) is 19.5 Å². The van der Waals surface area contributed by atoms with Crippen molar-refractivity contribution in [3.63, 3.8) is 0 Å². The van der Waals surface area contributed by atoms with Gasteiger partial charge in [0.15, 0.2) is 0 Å². The molecule has 0 unspecified atom stereocenters. The van der Waals surface area contributed by atoms with E-state index in [-0.39, 0.29) is 5.56 Å². The van der Waals surface area contributed by atoms with Crippen LogP contribution in [0, 0.1) is 5.92 Å². The van der Waals surface area contributed by atoms with E-state index in [1.54, 1.807) is 12.4 Å². The summed E-state index contributed by atoms with van der Waals surface area (Å²) in [6.07, 6.45) is 6.65. The van der Waals surface area contributed by atoms with Crippen molar-refractivity contribution in [1.29, 1.82) is 0 Å². The van der Waals surface area contributed by atoms with Gasteiger partial charge in [0.05, 0.1) is 22.3 Å². The van der Waals surface area contributed by atoms with Crippen molar-refractivity contribution in [2.75, 3.05) is 24.5 Å². The lowest BCUT2D eigenvalue weighted by Crippen LogP contribution is -2.39. The molecule has 1 atom stereocenters. The molecule has 0 aliphatic carbocycles. The van der Waals surface area contributed by atoms with E-state index in [1.165, 1.54) is 12.0 Å². The summed E-state index contributed by atoms with van der Waals surface area (Å²) in [5.74, 6) is 1.40. The zero-order chi connectivity index (χ0) is 19.8. The summed E-state index contributed by atoms with van der Waals surface area (Å²) in [4.78, 5) is 34.0. The molecule has 7 nitrogen and oxygen atoms in total. The summed E-state index contributed by atoms with van der Waals surface area (Å²) < 4.78 is 0. The molecule has 0 radical (unpaired) electrons. The topological polar surface area (TPSA) is 78.0 Å². The average molecular weight is 390 g/mol. The van der Waals surface area contributed by atoms with Gasteiger partial charge in [0.1, 0.15) is 0 Å². The predicted octanol–water partition coefficient (Wildman–Crippen LogP) is 2.51. The first kappa shape index (κ1) is 18.2. The Hall–Kier alpha value is -2.80. The molecule has 1 aromatic carbocycles. The molecule has 4 heterocycles. The van der Waals surface area contributed by atoms with Crippen LogP contribution in [0.5, 0.6) is 0 Å². The zero-order valence-corrected chi connectivity index (χ0v) is 16.8. The lowest BCUT2D eigenvalue weighted by molar-refractivity contribution is 0.242. The van der Waals surface area contributed by atoms with Gasteiger partial charge < -0.3 is 4.90 Å². The molecular weight excluding hydrogens is 364 g/mol. The first-order valence-electron chi connectivity index (χ1n) is 10.4. The number of nitrogens with zero attached hydrogens (tertiary/aromatic N) is 5. The van der Waals surface area contributed by atoms with Crippen molar-refractivity contribution < 1.29 is 0 Å². The van der Waals surface area contributed by atoms with E-state index < -0.39 is 0 Å². The Morgan fingerprint density at radius 3 is 2.90 bits per heavy atom. The van der Waals surface area contributed by atoms with Crippen molar-refractivity contribution in [2.45, 2.75) is 39.3 Å². The maximum absolute atomic E-state index is 12.8. The molecule has 0 bridgehead atoms. The molecular formula is C22H26N6O. The molecule has 2 aliphatic rings. The van der Waals surface area contributed by atoms with Crippen LogP contribution in [0.2, 0.25) is 0 Å². The van der Waals surface area contributed by atoms with E-state index >= 15 is 0 Å². The van der Waals surface area contributed by atoms with Crippen molar-refractivity contribution >= 4 is 17.0 Å². The molecule has 1 saturated heterocycles. The van der Waals surface area contributed by atoms with Gasteiger partial charge in [-0.05, 0) is 36.5 Å². The summed E-state index contributed by atoms with van der Waals surface area (Å²) in [6, 6.07) is 6.19. The van der Waals surface area contributed by atoms with Crippen LogP contribution in [0.3, 0.4) is 0 Å². The highest BCUT2D eigenvalue weighted by Crippen LogP contribution is 2.22. The quantitative estimate of drug-likeness (QED) is 0.740. The molecule has 0 spiro atoms. The molecule has 29 heavy (non-hydrogen) atoms. The van der Waals surface area contributed by atoms with Crippen molar-refractivity contribution in [3.05, 3.63) is 57.8 Å². The fourth-order valence-corrected chi connectivity index (χ4v) is 4.50. The number of aromatic nitrogens is 4. The highest BCUT2D eigenvalue weighted by atomic mass is 16.1. The van der Waals surface area contributed by atoms with Gasteiger partial charge in [0.25, 0.3) is 5.56 Å². The Balaban J connectivity index is 1.34. The molecule has 0 amide bonds. The van der Waals surface area contributed by atoms with E-state index in [0.717, 1.165) is 67.3 Å². The van der Waals surface area contributed by atoms with Gasteiger partial charge in [-0.25, -0.2) is 4.98 Å². The van der Waals surface area contributed by atoms with E-state index in [4.69, 9.17) is 4.98 Å². The van der Waals surface area contributed by atoms with Crippen LogP contribution >= 0.6 is 0 Å². The van der Waals surface area contributed by atoms with E-state index in [1.807, 2.05) is 6.07 Å². The van der Waals surface area contributed by atoms with Crippen molar-refractivity contribution in [1.82, 2.24) is 24.8 Å². The van der Waals surface area contributed by atoms with Gasteiger partial charge in [-0.15, -0.1) is 0 Å². The Kier molecular flexibility index (Phi) is 4.75. The van der Waals surface area contributed by atoms with Gasteiger partial charge >= 0.3 is 0 Å². The number of H-pyrrole nitrogens is 1. The number of rotatable bonds is 3. The number of aromatic amines is 1. The number of anilines is 1. The Morgan fingerprint density at radius 2 is 2.03 bits per heavy atom. The van der Waals surface area contributed by atoms with Crippen LogP contribution in [0.1, 0.15) is 36.6 Å². The molecule has 3 aromatic rings.